The molecule has 0 aromatic rings. The summed E-state index contributed by atoms with van der Waals surface area (Å²) in [6.07, 6.45) is 11.8. The molecule has 100 valence electrons. The highest BCUT2D eigenvalue weighted by atomic mass is 79.9. The Balaban J connectivity index is -0.000000188. The van der Waals surface area contributed by atoms with E-state index in [2.05, 4.69) is 34.7 Å². The molecular weight excluding hydrogens is 280 g/mol. The third-order valence-corrected chi connectivity index (χ3v) is 2.02. The van der Waals surface area contributed by atoms with Crippen LogP contribution in [-0.4, -0.2) is 29.3 Å². The largest absolute Gasteiger partial charge is 0.393 e. The van der Waals surface area contributed by atoms with Gasteiger partial charge in [-0.05, 0) is 26.7 Å². The molecule has 2 unspecified atom stereocenters. The second-order valence-electron chi connectivity index (χ2n) is 3.33. The number of hydrogen-bond donors (Lipinski definition) is 1. The second-order valence-corrected chi connectivity index (χ2v) is 3.89. The van der Waals surface area contributed by atoms with Crippen molar-refractivity contribution in [3.8, 4) is 24.7 Å². The van der Waals surface area contributed by atoms with Gasteiger partial charge in [0.05, 0.1) is 17.5 Å². The van der Waals surface area contributed by atoms with Crippen LogP contribution in [-0.2, 0) is 4.74 Å². The zero-order valence-corrected chi connectivity index (χ0v) is 13.0. The van der Waals surface area contributed by atoms with Crippen LogP contribution in [0.2, 0.25) is 0 Å². The predicted molar refractivity (Wildman–Crippen MR) is 79.1 cm³/mol. The summed E-state index contributed by atoms with van der Waals surface area (Å²) in [7, 11) is 0. The van der Waals surface area contributed by atoms with E-state index in [0.717, 1.165) is 12.8 Å². The molecule has 0 spiro atoms. The molecule has 0 fully saturated rings. The quantitative estimate of drug-likeness (QED) is 0.638. The summed E-state index contributed by atoms with van der Waals surface area (Å²) in [5.41, 5.74) is 0. The molecule has 3 heteroatoms. The molecule has 2 atom stereocenters. The number of hydrogen-bond acceptors (Lipinski definition) is 2. The lowest BCUT2D eigenvalue weighted by molar-refractivity contribution is 0.0896. The SMILES string of the molecule is C#CCBr.C#CCOC(C)CC.CCC(C)O. The summed E-state index contributed by atoms with van der Waals surface area (Å²) >= 11 is 3.01. The number of alkyl halides is 1. The van der Waals surface area contributed by atoms with Crippen LogP contribution in [0.3, 0.4) is 0 Å². The number of ether oxygens (including phenoxy) is 1. The van der Waals surface area contributed by atoms with Gasteiger partial charge in [-0.3, -0.25) is 0 Å². The van der Waals surface area contributed by atoms with Gasteiger partial charge in [0, 0.05) is 0 Å². The van der Waals surface area contributed by atoms with Crippen molar-refractivity contribution >= 4 is 15.9 Å². The smallest absolute Gasteiger partial charge is 0.107 e. The molecule has 0 heterocycles. The Kier molecular flexibility index (Phi) is 26.7. The van der Waals surface area contributed by atoms with Gasteiger partial charge >= 0.3 is 0 Å². The Morgan fingerprint density at radius 3 is 1.76 bits per heavy atom. The summed E-state index contributed by atoms with van der Waals surface area (Å²) < 4.78 is 5.10. The van der Waals surface area contributed by atoms with E-state index in [1.807, 2.05) is 13.8 Å². The summed E-state index contributed by atoms with van der Waals surface area (Å²) in [4.78, 5) is 0. The molecule has 0 radical (unpaired) electrons. The first kappa shape index (κ1) is 21.8. The van der Waals surface area contributed by atoms with Crippen LogP contribution in [0.4, 0.5) is 0 Å². The first-order valence-electron chi connectivity index (χ1n) is 5.72. The lowest BCUT2D eigenvalue weighted by atomic mass is 10.3. The fraction of sp³-hybridized carbons (Fsp3) is 0.714. The first-order valence-corrected chi connectivity index (χ1v) is 6.84. The van der Waals surface area contributed by atoms with E-state index in [0.29, 0.717) is 18.0 Å². The molecular formula is C14H25BrO2. The van der Waals surface area contributed by atoms with Crippen LogP contribution >= 0.6 is 15.9 Å². The zero-order valence-electron chi connectivity index (χ0n) is 11.4. The van der Waals surface area contributed by atoms with E-state index in [9.17, 15) is 0 Å². The molecule has 0 rings (SSSR count). The minimum Gasteiger partial charge on any atom is -0.393 e. The van der Waals surface area contributed by atoms with Gasteiger partial charge in [-0.1, -0.05) is 41.6 Å². The average molecular weight is 305 g/mol. The van der Waals surface area contributed by atoms with Gasteiger partial charge < -0.3 is 9.84 Å². The predicted octanol–water partition coefficient (Wildman–Crippen LogP) is 3.23. The third-order valence-electron chi connectivity index (χ3n) is 1.69. The topological polar surface area (TPSA) is 29.5 Å². The van der Waals surface area contributed by atoms with Crippen molar-refractivity contribution in [1.29, 1.82) is 0 Å². The lowest BCUT2D eigenvalue weighted by Gasteiger charge is -2.05. The van der Waals surface area contributed by atoms with Crippen molar-refractivity contribution in [3.63, 3.8) is 0 Å². The van der Waals surface area contributed by atoms with Crippen LogP contribution in [0.1, 0.15) is 40.5 Å². The van der Waals surface area contributed by atoms with Crippen molar-refractivity contribution < 1.29 is 9.84 Å². The fourth-order valence-corrected chi connectivity index (χ4v) is 0.308. The maximum atomic E-state index is 8.36. The minimum atomic E-state index is -0.116. The van der Waals surface area contributed by atoms with Gasteiger partial charge in [-0.2, -0.15) is 0 Å². The maximum Gasteiger partial charge on any atom is 0.107 e. The Labute approximate surface area is 115 Å². The van der Waals surface area contributed by atoms with Crippen molar-refractivity contribution in [3.05, 3.63) is 0 Å². The molecule has 1 N–H and O–H groups in total. The number of rotatable bonds is 4. The third kappa shape index (κ3) is 39.1. The number of aliphatic hydroxyl groups is 1. The van der Waals surface area contributed by atoms with Gasteiger partial charge in [-0.15, -0.1) is 12.8 Å². The van der Waals surface area contributed by atoms with E-state index in [4.69, 9.17) is 22.7 Å². The van der Waals surface area contributed by atoms with Crippen molar-refractivity contribution in [2.75, 3.05) is 11.9 Å². The molecule has 0 aliphatic carbocycles. The molecule has 0 bridgehead atoms. The average Bonchev–Trinajstić information content (AvgIpc) is 2.36. The van der Waals surface area contributed by atoms with E-state index >= 15 is 0 Å². The molecule has 0 amide bonds. The van der Waals surface area contributed by atoms with Gasteiger partial charge in [0.25, 0.3) is 0 Å². The highest BCUT2D eigenvalue weighted by Gasteiger charge is 1.93. The molecule has 2 nitrogen and oxygen atoms in total. The lowest BCUT2D eigenvalue weighted by Crippen LogP contribution is -2.05. The second kappa shape index (κ2) is 20.9. The van der Waals surface area contributed by atoms with Crippen LogP contribution in [0, 0.1) is 24.7 Å². The Hall–Kier alpha value is -0.480. The normalized spacial score (nSPS) is 11.5. The number of aliphatic hydroxyl groups excluding tert-OH is 1. The highest BCUT2D eigenvalue weighted by molar-refractivity contribution is 9.09. The molecule has 0 aromatic heterocycles. The van der Waals surface area contributed by atoms with Crippen LogP contribution in [0.5, 0.6) is 0 Å². The Morgan fingerprint density at radius 2 is 1.59 bits per heavy atom. The van der Waals surface area contributed by atoms with Gasteiger partial charge in [0.1, 0.15) is 6.61 Å². The van der Waals surface area contributed by atoms with Crippen molar-refractivity contribution in [1.82, 2.24) is 0 Å². The van der Waals surface area contributed by atoms with E-state index in [1.54, 1.807) is 6.92 Å². The summed E-state index contributed by atoms with van der Waals surface area (Å²) in [6, 6.07) is 0. The molecule has 0 aliphatic rings. The summed E-state index contributed by atoms with van der Waals surface area (Å²) in [6.45, 7) is 8.25. The van der Waals surface area contributed by atoms with Gasteiger partial charge in [-0.25, -0.2) is 0 Å². The zero-order chi connectivity index (χ0) is 14.1. The highest BCUT2D eigenvalue weighted by Crippen LogP contribution is 1.93. The summed E-state index contributed by atoms with van der Waals surface area (Å²) in [5, 5.41) is 9.02. The standard InChI is InChI=1S/C7H12O.C4H10O.C3H3Br/c1-4-6-8-7(3)5-2;1-3-4(2)5;1-2-3-4/h1,7H,5-6H2,2-3H3;4-5H,3H2,1-2H3;1H,3H2. The van der Waals surface area contributed by atoms with E-state index < -0.39 is 0 Å². The minimum absolute atomic E-state index is 0.116. The van der Waals surface area contributed by atoms with Crippen LogP contribution in [0.15, 0.2) is 0 Å². The van der Waals surface area contributed by atoms with E-state index in [-0.39, 0.29) is 6.10 Å². The van der Waals surface area contributed by atoms with E-state index in [1.165, 1.54) is 0 Å². The molecule has 0 saturated carbocycles. The summed E-state index contributed by atoms with van der Waals surface area (Å²) in [5.74, 6) is 4.76. The number of terminal acetylenes is 2. The van der Waals surface area contributed by atoms with Gasteiger partial charge in [0.15, 0.2) is 0 Å². The number of halogens is 1. The Morgan fingerprint density at radius 1 is 1.18 bits per heavy atom. The first-order chi connectivity index (χ1) is 7.99. The monoisotopic (exact) mass is 304 g/mol. The van der Waals surface area contributed by atoms with Gasteiger partial charge in [0.2, 0.25) is 0 Å². The fourth-order valence-electron chi connectivity index (χ4n) is 0.308. The molecule has 0 aliphatic heterocycles. The van der Waals surface area contributed by atoms with Crippen molar-refractivity contribution in [2.24, 2.45) is 0 Å². The van der Waals surface area contributed by atoms with Crippen molar-refractivity contribution in [2.45, 2.75) is 52.7 Å². The molecule has 0 aromatic carbocycles. The van der Waals surface area contributed by atoms with Crippen LogP contribution in [0.25, 0.3) is 0 Å². The Bertz CT molecular complexity index is 201. The maximum absolute atomic E-state index is 8.36. The van der Waals surface area contributed by atoms with Crippen LogP contribution < -0.4 is 0 Å². The molecule has 17 heavy (non-hydrogen) atoms. The molecule has 0 saturated heterocycles.